The van der Waals surface area contributed by atoms with Crippen LogP contribution in [0, 0.1) is 0 Å². The Balaban J connectivity index is 0.920. The first-order chi connectivity index (χ1) is 28.7. The van der Waals surface area contributed by atoms with Crippen LogP contribution in [0.15, 0.2) is 78.9 Å². The normalized spacial score (nSPS) is 21.8. The third-order valence-electron chi connectivity index (χ3n) is 10.2. The smallest absolute Gasteiger partial charge is 0.347 e. The fraction of sp³-hybridized carbons (Fsp3) is 0.415. The van der Waals surface area contributed by atoms with E-state index in [0.717, 1.165) is 33.5 Å². The second-order valence-corrected chi connectivity index (χ2v) is 15.2. The molecule has 0 aliphatic carbocycles. The van der Waals surface area contributed by atoms with E-state index in [2.05, 4.69) is 53.2 Å². The van der Waals surface area contributed by atoms with Gasteiger partial charge in [0.05, 0.1) is 12.3 Å². The van der Waals surface area contributed by atoms with Gasteiger partial charge in [0, 0.05) is 63.1 Å². The van der Waals surface area contributed by atoms with Crippen molar-refractivity contribution in [3.63, 3.8) is 0 Å². The van der Waals surface area contributed by atoms with E-state index in [-0.39, 0.29) is 55.9 Å². The Morgan fingerprint density at radius 2 is 1.20 bits per heavy atom. The maximum Gasteiger partial charge on any atom is 0.471 e. The molecule has 2 heterocycles. The fourth-order valence-corrected chi connectivity index (χ4v) is 7.26. The summed E-state index contributed by atoms with van der Waals surface area (Å²) in [5.74, 6) is -2.03. The molecule has 0 aromatic heterocycles. The summed E-state index contributed by atoms with van der Waals surface area (Å²) < 4.78 is 37.3. The molecule has 60 heavy (non-hydrogen) atoms. The van der Waals surface area contributed by atoms with Crippen molar-refractivity contribution in [1.29, 1.82) is 0 Å². The van der Waals surface area contributed by atoms with Crippen molar-refractivity contribution in [2.45, 2.75) is 82.8 Å². The number of benzene rings is 4. The first-order valence-electron chi connectivity index (χ1n) is 19.9. The minimum absolute atomic E-state index is 0.0337. The predicted molar refractivity (Wildman–Crippen MR) is 224 cm³/mol. The van der Waals surface area contributed by atoms with Crippen LogP contribution >= 0.6 is 0 Å². The number of urea groups is 2. The number of nitrogens with zero attached hydrogens (tertiary/aromatic N) is 1. The van der Waals surface area contributed by atoms with Crippen LogP contribution in [0.5, 0.6) is 0 Å². The Morgan fingerprint density at radius 1 is 0.667 bits per heavy atom. The number of nitrogens with one attached hydrogen (secondary N) is 11. The van der Waals surface area contributed by atoms with Crippen molar-refractivity contribution in [2.75, 3.05) is 37.3 Å². The number of fused-ring (bicyclic) bond motifs is 2. The highest BCUT2D eigenvalue weighted by Crippen LogP contribution is 2.22. The van der Waals surface area contributed by atoms with E-state index in [0.29, 0.717) is 30.9 Å². The third-order valence-corrected chi connectivity index (χ3v) is 10.2. The van der Waals surface area contributed by atoms with E-state index in [9.17, 15) is 32.3 Å². The Morgan fingerprint density at radius 3 is 1.80 bits per heavy atom. The number of carbonyl (C=O) groups excluding carboxylic acids is 4. The number of rotatable bonds is 14. The Hall–Kier alpha value is -5.57. The summed E-state index contributed by atoms with van der Waals surface area (Å²) in [4.78, 5) is 51.6. The van der Waals surface area contributed by atoms with Gasteiger partial charge in [0.25, 0.3) is 0 Å². The number of hydrogen-bond acceptors (Lipinski definition) is 10. The van der Waals surface area contributed by atoms with Crippen molar-refractivity contribution in [3.8, 4) is 0 Å². The van der Waals surface area contributed by atoms with Crippen LogP contribution in [-0.2, 0) is 16.1 Å². The highest BCUT2D eigenvalue weighted by atomic mass is 19.4. The SMILES string of the molecule is CC1CC(NCCNC(=O)C(F)(F)F)NC(NC(=O)Nc2ccc3ccc(CN(C)C(=O)CCNC4CC(C)NC(NC(=O)Nc5ccc6ccccc6c5)N4)cc3c2)N1. The van der Waals surface area contributed by atoms with Gasteiger partial charge in [0.15, 0.2) is 0 Å². The Kier molecular flexibility index (Phi) is 14.8. The molecular formula is C41H53F3N12O4. The molecule has 0 bridgehead atoms. The van der Waals surface area contributed by atoms with Gasteiger partial charge in [-0.05, 0) is 84.1 Å². The first kappa shape index (κ1) is 44.0. The van der Waals surface area contributed by atoms with E-state index in [1.165, 1.54) is 0 Å². The minimum atomic E-state index is -4.94. The summed E-state index contributed by atoms with van der Waals surface area (Å²) in [6.07, 6.45) is -4.92. The van der Waals surface area contributed by atoms with E-state index < -0.39 is 30.7 Å². The zero-order valence-electron chi connectivity index (χ0n) is 33.6. The summed E-state index contributed by atoms with van der Waals surface area (Å²) in [5, 5.41) is 36.7. The molecule has 6 amide bonds. The molecule has 19 heteroatoms. The van der Waals surface area contributed by atoms with Crippen molar-refractivity contribution in [1.82, 2.24) is 52.8 Å². The molecule has 4 aromatic rings. The van der Waals surface area contributed by atoms with Crippen LogP contribution in [-0.4, -0.2) is 98.6 Å². The Labute approximate surface area is 345 Å². The molecule has 6 unspecified atom stereocenters. The van der Waals surface area contributed by atoms with Crippen LogP contribution in [0.3, 0.4) is 0 Å². The molecule has 0 saturated carbocycles. The van der Waals surface area contributed by atoms with Gasteiger partial charge in [-0.2, -0.15) is 13.2 Å². The molecule has 0 radical (unpaired) electrons. The molecule has 11 N–H and O–H groups in total. The average Bonchev–Trinajstić information content (AvgIpc) is 3.18. The van der Waals surface area contributed by atoms with E-state index in [4.69, 9.17) is 0 Å². The zero-order chi connectivity index (χ0) is 42.8. The summed E-state index contributed by atoms with van der Waals surface area (Å²) in [7, 11) is 1.76. The number of hydrogen-bond donors (Lipinski definition) is 11. The maximum absolute atomic E-state index is 13.2. The Bertz CT molecular complexity index is 2140. The first-order valence-corrected chi connectivity index (χ1v) is 19.9. The van der Waals surface area contributed by atoms with Crippen LogP contribution in [0.4, 0.5) is 34.1 Å². The molecule has 2 fully saturated rings. The monoisotopic (exact) mass is 834 g/mol. The molecule has 2 aliphatic rings. The molecule has 322 valence electrons. The largest absolute Gasteiger partial charge is 0.471 e. The van der Waals surface area contributed by atoms with Crippen LogP contribution < -0.4 is 58.5 Å². The van der Waals surface area contributed by atoms with Gasteiger partial charge < -0.3 is 42.1 Å². The topological polar surface area (TPSA) is 204 Å². The molecule has 4 aromatic carbocycles. The molecule has 6 rings (SSSR count). The minimum Gasteiger partial charge on any atom is -0.347 e. The molecule has 0 spiro atoms. The van der Waals surface area contributed by atoms with Crippen molar-refractivity contribution < 1.29 is 32.3 Å². The van der Waals surface area contributed by atoms with Gasteiger partial charge in [0.2, 0.25) is 5.91 Å². The van der Waals surface area contributed by atoms with Gasteiger partial charge in [-0.15, -0.1) is 0 Å². The average molecular weight is 835 g/mol. The fourth-order valence-electron chi connectivity index (χ4n) is 7.26. The standard InChI is InChI=1S/C41H53F3N12O4/c1-24-18-33(52-37(48-24)54-39(59)50-31-12-10-27-6-4-5-7-29(27)21-31)45-15-14-35(57)56(3)23-26-8-9-28-11-13-32(22-30(28)20-26)51-40(60)55-38-49-25(2)19-34(53-38)46-16-17-47-36(58)41(42,43)44/h4-13,20-22,24-25,33-34,37-38,45-46,48-49,52-53H,14-19,23H2,1-3H3,(H,47,58)(H2,50,54,59)(H2,51,55,60). The van der Waals surface area contributed by atoms with E-state index in [1.807, 2.05) is 92.0 Å². The molecule has 2 aliphatic heterocycles. The van der Waals surface area contributed by atoms with Gasteiger partial charge in [0.1, 0.15) is 12.6 Å². The lowest BCUT2D eigenvalue weighted by atomic mass is 10.1. The second-order valence-electron chi connectivity index (χ2n) is 15.2. The molecule has 6 atom stereocenters. The summed E-state index contributed by atoms with van der Waals surface area (Å²) in [6, 6.07) is 24.3. The van der Waals surface area contributed by atoms with E-state index in [1.54, 1.807) is 18.0 Å². The number of amides is 6. The predicted octanol–water partition coefficient (Wildman–Crippen LogP) is 3.30. The van der Waals surface area contributed by atoms with E-state index >= 15 is 0 Å². The van der Waals surface area contributed by atoms with Crippen LogP contribution in [0.1, 0.15) is 38.7 Å². The second kappa shape index (κ2) is 20.1. The molecular weight excluding hydrogens is 782 g/mol. The van der Waals surface area contributed by atoms with Crippen molar-refractivity contribution in [3.05, 3.63) is 84.4 Å². The quantitative estimate of drug-likeness (QED) is 0.0838. The van der Waals surface area contributed by atoms with Crippen LogP contribution in [0.2, 0.25) is 0 Å². The maximum atomic E-state index is 13.2. The summed E-state index contributed by atoms with van der Waals surface area (Å²) >= 11 is 0. The van der Waals surface area contributed by atoms with Crippen molar-refractivity contribution >= 4 is 56.8 Å². The van der Waals surface area contributed by atoms with Crippen LogP contribution in [0.25, 0.3) is 21.5 Å². The number of halogens is 3. The zero-order valence-corrected chi connectivity index (χ0v) is 33.6. The lowest BCUT2D eigenvalue weighted by molar-refractivity contribution is -0.173. The number of alkyl halides is 3. The highest BCUT2D eigenvalue weighted by Gasteiger charge is 2.38. The third kappa shape index (κ3) is 13.0. The van der Waals surface area contributed by atoms with Gasteiger partial charge in [-0.1, -0.05) is 48.5 Å². The van der Waals surface area contributed by atoms with Gasteiger partial charge >= 0.3 is 24.1 Å². The number of anilines is 2. The number of carbonyl (C=O) groups is 4. The highest BCUT2D eigenvalue weighted by molar-refractivity contribution is 5.95. The van der Waals surface area contributed by atoms with Gasteiger partial charge in [-0.25, -0.2) is 9.59 Å². The van der Waals surface area contributed by atoms with Gasteiger partial charge in [-0.3, -0.25) is 30.9 Å². The summed E-state index contributed by atoms with van der Waals surface area (Å²) in [6.45, 7) is 4.65. The molecule has 16 nitrogen and oxygen atoms in total. The van der Waals surface area contributed by atoms with Crippen molar-refractivity contribution in [2.24, 2.45) is 0 Å². The lowest BCUT2D eigenvalue weighted by Gasteiger charge is -2.37. The summed E-state index contributed by atoms with van der Waals surface area (Å²) in [5.41, 5.74) is 2.16. The molecule has 2 saturated heterocycles. The lowest BCUT2D eigenvalue weighted by Crippen LogP contribution is -2.68.